The van der Waals surface area contributed by atoms with Crippen LogP contribution in [0, 0.1) is 5.82 Å². The van der Waals surface area contributed by atoms with Crippen molar-refractivity contribution >= 4 is 40.5 Å². The molecular weight excluding hydrogens is 638 g/mol. The summed E-state index contributed by atoms with van der Waals surface area (Å²) in [6.07, 6.45) is -4.26. The van der Waals surface area contributed by atoms with Crippen molar-refractivity contribution in [2.24, 2.45) is 0 Å². The number of rotatable bonds is 3. The van der Waals surface area contributed by atoms with Crippen LogP contribution in [0.2, 0.25) is 0 Å². The molecule has 0 N–H and O–H groups in total. The average molecular weight is 676 g/mol. The van der Waals surface area contributed by atoms with E-state index in [1.165, 1.54) is 28.5 Å². The molecule has 4 heterocycles. The summed E-state index contributed by atoms with van der Waals surface area (Å²) in [7, 11) is 0. The minimum atomic E-state index is -4.81. The Morgan fingerprint density at radius 3 is 2.26 bits per heavy atom. The Morgan fingerprint density at radius 2 is 1.68 bits per heavy atom. The number of alkyl halides is 3. The second kappa shape index (κ2) is 12.0. The van der Waals surface area contributed by atoms with Gasteiger partial charge in [-0.3, -0.25) is 14.3 Å². The number of anilines is 1. The van der Waals surface area contributed by atoms with E-state index in [0.29, 0.717) is 24.9 Å². The summed E-state index contributed by atoms with van der Waals surface area (Å²) < 4.78 is 66.0. The molecule has 3 aromatic rings. The second-order valence-corrected chi connectivity index (χ2v) is 14.5. The van der Waals surface area contributed by atoms with Gasteiger partial charge in [0.05, 0.1) is 29.2 Å². The highest BCUT2D eigenvalue weighted by molar-refractivity contribution is 7.99. The van der Waals surface area contributed by atoms with Gasteiger partial charge in [-0.15, -0.1) is 11.8 Å². The summed E-state index contributed by atoms with van der Waals surface area (Å²) in [5.41, 5.74) is -2.00. The van der Waals surface area contributed by atoms with Crippen molar-refractivity contribution in [1.29, 1.82) is 0 Å². The highest BCUT2D eigenvalue weighted by Crippen LogP contribution is 2.48. The Morgan fingerprint density at radius 1 is 1.02 bits per heavy atom. The first-order valence-corrected chi connectivity index (χ1v) is 16.6. The van der Waals surface area contributed by atoms with Crippen molar-refractivity contribution in [2.45, 2.75) is 88.8 Å². The van der Waals surface area contributed by atoms with Crippen molar-refractivity contribution in [2.75, 3.05) is 30.3 Å². The number of aromatic nitrogens is 2. The molecule has 2 amide bonds. The molecule has 1 aromatic heterocycles. The van der Waals surface area contributed by atoms with Gasteiger partial charge < -0.3 is 14.5 Å². The van der Waals surface area contributed by atoms with Crippen molar-refractivity contribution in [3.63, 3.8) is 0 Å². The summed E-state index contributed by atoms with van der Waals surface area (Å²) in [6, 6.07) is 4.59. The second-order valence-electron chi connectivity index (χ2n) is 13.5. The molecule has 0 aliphatic carbocycles. The van der Waals surface area contributed by atoms with Crippen LogP contribution in [0.25, 0.3) is 22.0 Å². The van der Waals surface area contributed by atoms with Crippen LogP contribution < -0.4 is 10.6 Å². The van der Waals surface area contributed by atoms with E-state index in [2.05, 4.69) is 4.98 Å². The zero-order valence-corrected chi connectivity index (χ0v) is 27.7. The topological polar surface area (TPSA) is 88.0 Å². The number of hydrogen-bond acceptors (Lipinski definition) is 7. The fraction of sp³-hybridized carbons (Fsp3) is 0.515. The summed E-state index contributed by atoms with van der Waals surface area (Å²) in [6.45, 7) is 9.91. The first-order valence-electron chi connectivity index (χ1n) is 15.7. The Labute approximate surface area is 273 Å². The molecule has 2 aromatic carbocycles. The van der Waals surface area contributed by atoms with E-state index in [0.717, 1.165) is 18.2 Å². The molecule has 0 radical (unpaired) electrons. The number of halogens is 4. The molecule has 6 rings (SSSR count). The van der Waals surface area contributed by atoms with Gasteiger partial charge in [0, 0.05) is 54.2 Å². The van der Waals surface area contributed by atoms with Gasteiger partial charge in [-0.25, -0.2) is 14.0 Å². The lowest BCUT2D eigenvalue weighted by atomic mass is 9.96. The Kier molecular flexibility index (Phi) is 8.46. The number of thioether (sulfide) groups is 1. The summed E-state index contributed by atoms with van der Waals surface area (Å²) >= 11 is 1.17. The van der Waals surface area contributed by atoms with Gasteiger partial charge in [-0.2, -0.15) is 18.2 Å². The lowest BCUT2D eigenvalue weighted by Crippen LogP contribution is -2.59. The van der Waals surface area contributed by atoms with Gasteiger partial charge in [0.2, 0.25) is 5.91 Å². The molecule has 0 bridgehead atoms. The van der Waals surface area contributed by atoms with E-state index >= 15 is 13.2 Å². The minimum Gasteiger partial charge on any atom is -0.444 e. The van der Waals surface area contributed by atoms with Crippen LogP contribution in [-0.4, -0.2) is 80.5 Å². The van der Waals surface area contributed by atoms with Crippen LogP contribution in [0.1, 0.15) is 53.0 Å². The van der Waals surface area contributed by atoms with E-state index in [1.807, 2.05) is 13.8 Å². The quantitative estimate of drug-likeness (QED) is 0.308. The average Bonchev–Trinajstić information content (AvgIpc) is 3.29. The van der Waals surface area contributed by atoms with Gasteiger partial charge in [-0.1, -0.05) is 12.1 Å². The molecule has 9 nitrogen and oxygen atoms in total. The molecule has 2 saturated heterocycles. The molecule has 0 unspecified atom stereocenters. The summed E-state index contributed by atoms with van der Waals surface area (Å²) in [5, 5.41) is 0.142. The number of benzene rings is 2. The van der Waals surface area contributed by atoms with E-state index in [1.54, 1.807) is 35.5 Å². The number of ether oxygens (including phenoxy) is 1. The third-order valence-corrected chi connectivity index (χ3v) is 10.1. The van der Waals surface area contributed by atoms with Crippen LogP contribution >= 0.6 is 11.8 Å². The van der Waals surface area contributed by atoms with Crippen LogP contribution in [-0.2, 0) is 22.3 Å². The van der Waals surface area contributed by atoms with Gasteiger partial charge in [-0.05, 0) is 64.8 Å². The van der Waals surface area contributed by atoms with Crippen LogP contribution in [0.3, 0.4) is 0 Å². The third-order valence-electron chi connectivity index (χ3n) is 8.82. The smallest absolute Gasteiger partial charge is 0.417 e. The number of likely N-dealkylation sites (tertiary alicyclic amines) is 1. The number of carbonyl (C=O) groups excluding carboxylic acids is 2. The van der Waals surface area contributed by atoms with Gasteiger partial charge >= 0.3 is 18.0 Å². The number of amides is 2. The Hall–Kier alpha value is -3.81. The SMILES string of the molecule is C[C@@H]1CN(c2nc(=O)n3c4c(c(-c5ccc(F)cc5)c(C(F)(F)F)cc24)SC[C@@H](N2CCCC2=O)C3)C[C@@H](C)N1C(=O)OC(C)(C)C. The highest BCUT2D eigenvalue weighted by atomic mass is 32.2. The highest BCUT2D eigenvalue weighted by Gasteiger charge is 2.41. The van der Waals surface area contributed by atoms with E-state index in [-0.39, 0.29) is 58.5 Å². The normalized spacial score (nSPS) is 22.2. The van der Waals surface area contributed by atoms with Crippen molar-refractivity contribution < 1.29 is 31.9 Å². The standard InChI is InChI=1S/C33H37F4N5O4S/c1-18-14-39(15-19(2)42(18)31(45)46-32(3,4)5)29-23-13-24(33(35,36)37)26(20-8-10-21(34)11-9-20)28-27(23)41(30(44)38-29)16-22(17-47-28)40-12-6-7-25(40)43/h8-11,13,18-19,22H,6-7,12,14-17H2,1-5H3/t18-,19-,22+/m1/s1. The summed E-state index contributed by atoms with van der Waals surface area (Å²) in [4.78, 5) is 49.4. The van der Waals surface area contributed by atoms with Crippen molar-refractivity contribution in [3.05, 3.63) is 52.2 Å². The van der Waals surface area contributed by atoms with Gasteiger partial charge in [0.25, 0.3) is 0 Å². The van der Waals surface area contributed by atoms with Crippen LogP contribution in [0.4, 0.5) is 28.2 Å². The molecule has 3 aliphatic heterocycles. The fourth-order valence-electron chi connectivity index (χ4n) is 6.93. The maximum Gasteiger partial charge on any atom is 0.417 e. The first kappa shape index (κ1) is 33.1. The third kappa shape index (κ3) is 6.28. The zero-order valence-electron chi connectivity index (χ0n) is 26.9. The van der Waals surface area contributed by atoms with Crippen LogP contribution in [0.5, 0.6) is 0 Å². The number of hydrogen-bond donors (Lipinski definition) is 0. The predicted molar refractivity (Wildman–Crippen MR) is 171 cm³/mol. The van der Waals surface area contributed by atoms with Crippen molar-refractivity contribution in [3.8, 4) is 11.1 Å². The predicted octanol–water partition coefficient (Wildman–Crippen LogP) is 6.15. The van der Waals surface area contributed by atoms with E-state index in [9.17, 15) is 18.8 Å². The number of carbonyl (C=O) groups is 2. The molecule has 0 spiro atoms. The summed E-state index contributed by atoms with van der Waals surface area (Å²) in [5.74, 6) is -0.296. The lowest BCUT2D eigenvalue weighted by molar-refractivity contribution is -0.137. The van der Waals surface area contributed by atoms with Gasteiger partial charge in [0.15, 0.2) is 0 Å². The first-order chi connectivity index (χ1) is 22.0. The van der Waals surface area contributed by atoms with Crippen LogP contribution in [0.15, 0.2) is 40.0 Å². The molecule has 0 saturated carbocycles. The molecule has 252 valence electrons. The molecule has 3 atom stereocenters. The molecule has 2 fully saturated rings. The van der Waals surface area contributed by atoms with E-state index < -0.39 is 53.1 Å². The lowest BCUT2D eigenvalue weighted by Gasteiger charge is -2.45. The molecule has 14 heteroatoms. The Balaban J connectivity index is 1.55. The minimum absolute atomic E-state index is 0.0593. The van der Waals surface area contributed by atoms with Crippen molar-refractivity contribution in [1.82, 2.24) is 19.4 Å². The molecule has 3 aliphatic rings. The number of piperazine rings is 1. The van der Waals surface area contributed by atoms with E-state index in [4.69, 9.17) is 4.74 Å². The molecule has 47 heavy (non-hydrogen) atoms. The number of nitrogens with zero attached hydrogens (tertiary/aromatic N) is 5. The largest absolute Gasteiger partial charge is 0.444 e. The monoisotopic (exact) mass is 675 g/mol. The zero-order chi connectivity index (χ0) is 34.0. The van der Waals surface area contributed by atoms with Gasteiger partial charge in [0.1, 0.15) is 17.2 Å². The maximum atomic E-state index is 15.0. The maximum absolute atomic E-state index is 15.0. The molecular formula is C33H37F4N5O4S. The fourth-order valence-corrected chi connectivity index (χ4v) is 8.30. The Bertz CT molecular complexity index is 1780.